The fourth-order valence-corrected chi connectivity index (χ4v) is 1.14. The van der Waals surface area contributed by atoms with Crippen LogP contribution in [0.4, 0.5) is 13.2 Å². The molecular formula is C6H4F3IN2. The average molecular weight is 288 g/mol. The van der Waals surface area contributed by atoms with E-state index in [4.69, 9.17) is 11.5 Å². The zero-order chi connectivity index (χ0) is 9.52. The molecule has 0 aromatic carbocycles. The SMILES string of the molecule is NC1=C=C(C(F)(F)F)C(N)=C1I. The molecule has 0 saturated heterocycles. The first kappa shape index (κ1) is 9.47. The molecule has 4 N–H and O–H groups in total. The highest BCUT2D eigenvalue weighted by molar-refractivity contribution is 14.1. The first-order chi connectivity index (χ1) is 5.34. The third kappa shape index (κ3) is 1.44. The van der Waals surface area contributed by atoms with Crippen molar-refractivity contribution in [2.24, 2.45) is 11.5 Å². The second-order valence-electron chi connectivity index (χ2n) is 2.14. The summed E-state index contributed by atoms with van der Waals surface area (Å²) in [4.78, 5) is 0. The van der Waals surface area contributed by atoms with Gasteiger partial charge in [0.15, 0.2) is 0 Å². The van der Waals surface area contributed by atoms with Crippen LogP contribution in [-0.4, -0.2) is 6.18 Å². The van der Waals surface area contributed by atoms with E-state index >= 15 is 0 Å². The summed E-state index contributed by atoms with van der Waals surface area (Å²) in [5.41, 5.74) is 10.9. The van der Waals surface area contributed by atoms with Crippen LogP contribution in [0.25, 0.3) is 0 Å². The smallest absolute Gasteiger partial charge is 0.397 e. The molecule has 0 unspecified atom stereocenters. The Balaban J connectivity index is 3.21. The molecule has 0 aromatic rings. The third-order valence-electron chi connectivity index (χ3n) is 1.29. The maximum atomic E-state index is 12.1. The lowest BCUT2D eigenvalue weighted by atomic mass is 10.2. The lowest BCUT2D eigenvalue weighted by Crippen LogP contribution is -2.16. The fourth-order valence-electron chi connectivity index (χ4n) is 0.735. The molecule has 0 saturated carbocycles. The van der Waals surface area contributed by atoms with Crippen molar-refractivity contribution in [2.45, 2.75) is 6.18 Å². The molecule has 0 amide bonds. The van der Waals surface area contributed by atoms with Gasteiger partial charge in [-0.1, -0.05) is 5.73 Å². The van der Waals surface area contributed by atoms with Gasteiger partial charge in [-0.25, -0.2) is 0 Å². The Bertz CT molecular complexity index is 320. The molecular weight excluding hydrogens is 284 g/mol. The Morgan fingerprint density at radius 3 is 1.92 bits per heavy atom. The van der Waals surface area contributed by atoms with Crippen LogP contribution < -0.4 is 11.5 Å². The first-order valence-electron chi connectivity index (χ1n) is 2.83. The molecule has 0 aliphatic heterocycles. The molecule has 0 aromatic heterocycles. The van der Waals surface area contributed by atoms with Crippen LogP contribution >= 0.6 is 22.6 Å². The molecule has 12 heavy (non-hydrogen) atoms. The van der Waals surface area contributed by atoms with Gasteiger partial charge in [-0.15, -0.1) is 0 Å². The average Bonchev–Trinajstić information content (AvgIpc) is 2.15. The van der Waals surface area contributed by atoms with Gasteiger partial charge in [0, 0.05) is 0 Å². The highest BCUT2D eigenvalue weighted by Gasteiger charge is 2.38. The number of halogens is 4. The van der Waals surface area contributed by atoms with Crippen LogP contribution in [-0.2, 0) is 0 Å². The molecule has 1 aliphatic rings. The van der Waals surface area contributed by atoms with Gasteiger partial charge in [-0.2, -0.15) is 13.2 Å². The Labute approximate surface area is 79.9 Å². The second-order valence-corrected chi connectivity index (χ2v) is 3.22. The molecule has 66 valence electrons. The number of alkyl halides is 3. The van der Waals surface area contributed by atoms with Gasteiger partial charge in [-0.05, 0) is 22.6 Å². The van der Waals surface area contributed by atoms with Gasteiger partial charge in [0.1, 0.15) is 5.57 Å². The van der Waals surface area contributed by atoms with E-state index in [9.17, 15) is 13.2 Å². The number of hydrogen-bond acceptors (Lipinski definition) is 2. The molecule has 1 rings (SSSR count). The van der Waals surface area contributed by atoms with Gasteiger partial charge in [-0.3, -0.25) is 0 Å². The highest BCUT2D eigenvalue weighted by atomic mass is 127. The van der Waals surface area contributed by atoms with Gasteiger partial charge < -0.3 is 11.5 Å². The normalized spacial score (nSPS) is 18.0. The van der Waals surface area contributed by atoms with E-state index in [0.717, 1.165) is 0 Å². The Morgan fingerprint density at radius 1 is 1.25 bits per heavy atom. The Kier molecular flexibility index (Phi) is 2.13. The molecule has 0 bridgehead atoms. The van der Waals surface area contributed by atoms with Crippen molar-refractivity contribution in [1.82, 2.24) is 0 Å². The number of rotatable bonds is 0. The topological polar surface area (TPSA) is 52.0 Å². The van der Waals surface area contributed by atoms with Crippen LogP contribution in [0.5, 0.6) is 0 Å². The molecule has 1 aliphatic carbocycles. The summed E-state index contributed by atoms with van der Waals surface area (Å²) in [5.74, 6) is 0. The van der Waals surface area contributed by atoms with E-state index in [-0.39, 0.29) is 15.0 Å². The van der Waals surface area contributed by atoms with Gasteiger partial charge >= 0.3 is 6.18 Å². The molecule has 6 heteroatoms. The number of nitrogens with two attached hydrogens (primary N) is 2. The van der Waals surface area contributed by atoms with Crippen LogP contribution in [0.2, 0.25) is 0 Å². The molecule has 0 fully saturated rings. The summed E-state index contributed by atoms with van der Waals surface area (Å²) in [6.07, 6.45) is -4.47. The third-order valence-corrected chi connectivity index (χ3v) is 2.45. The van der Waals surface area contributed by atoms with E-state index in [1.807, 2.05) is 5.73 Å². The molecule has 0 heterocycles. The van der Waals surface area contributed by atoms with Crippen LogP contribution in [0.15, 0.2) is 26.3 Å². The van der Waals surface area contributed by atoms with E-state index in [2.05, 4.69) is 0 Å². The summed E-state index contributed by atoms with van der Waals surface area (Å²) in [6.45, 7) is 0. The fraction of sp³-hybridized carbons (Fsp3) is 0.167. The highest BCUT2D eigenvalue weighted by Crippen LogP contribution is 2.35. The molecule has 0 radical (unpaired) electrons. The zero-order valence-electron chi connectivity index (χ0n) is 5.67. The minimum absolute atomic E-state index is 0.0552. The van der Waals surface area contributed by atoms with E-state index in [1.165, 1.54) is 0 Å². The molecule has 0 atom stereocenters. The van der Waals surface area contributed by atoms with Crippen molar-refractivity contribution in [3.8, 4) is 0 Å². The first-order valence-corrected chi connectivity index (χ1v) is 3.91. The maximum Gasteiger partial charge on any atom is 0.425 e. The number of hydrogen-bond donors (Lipinski definition) is 2. The van der Waals surface area contributed by atoms with Crippen LogP contribution in [0.1, 0.15) is 0 Å². The lowest BCUT2D eigenvalue weighted by Gasteiger charge is -2.06. The number of allylic oxidation sites excluding steroid dienone is 1. The van der Waals surface area contributed by atoms with Crippen molar-refractivity contribution < 1.29 is 13.2 Å². The zero-order valence-corrected chi connectivity index (χ0v) is 7.82. The van der Waals surface area contributed by atoms with E-state index in [1.54, 1.807) is 22.6 Å². The quantitative estimate of drug-likeness (QED) is 0.524. The summed E-state index contributed by atoms with van der Waals surface area (Å²) in [7, 11) is 0. The van der Waals surface area contributed by atoms with Gasteiger partial charge in [0.2, 0.25) is 0 Å². The summed E-state index contributed by atoms with van der Waals surface area (Å²) >= 11 is 1.65. The summed E-state index contributed by atoms with van der Waals surface area (Å²) in [5, 5.41) is 0. The summed E-state index contributed by atoms with van der Waals surface area (Å²) in [6, 6.07) is 0. The van der Waals surface area contributed by atoms with Crippen molar-refractivity contribution >= 4 is 22.6 Å². The van der Waals surface area contributed by atoms with Crippen molar-refractivity contribution in [3.63, 3.8) is 0 Å². The predicted molar refractivity (Wildman–Crippen MR) is 46.0 cm³/mol. The summed E-state index contributed by atoms with van der Waals surface area (Å²) < 4.78 is 36.4. The standard InChI is InChI=1S/C6H4F3IN2/c7-6(8,9)2-1-3(11)4(10)5(2)12/h11-12H2. The van der Waals surface area contributed by atoms with Crippen LogP contribution in [0.3, 0.4) is 0 Å². The minimum Gasteiger partial charge on any atom is -0.397 e. The van der Waals surface area contributed by atoms with Crippen LogP contribution in [0, 0.1) is 0 Å². The van der Waals surface area contributed by atoms with Crippen molar-refractivity contribution in [1.29, 1.82) is 0 Å². The molecule has 2 nitrogen and oxygen atoms in total. The minimum atomic E-state index is -4.47. The van der Waals surface area contributed by atoms with E-state index in [0.29, 0.717) is 0 Å². The lowest BCUT2D eigenvalue weighted by molar-refractivity contribution is -0.0890. The predicted octanol–water partition coefficient (Wildman–Crippen LogP) is 1.54. The van der Waals surface area contributed by atoms with Crippen molar-refractivity contribution in [3.05, 3.63) is 26.3 Å². The second kappa shape index (κ2) is 2.70. The Morgan fingerprint density at radius 2 is 1.75 bits per heavy atom. The van der Waals surface area contributed by atoms with Crippen molar-refractivity contribution in [2.75, 3.05) is 0 Å². The van der Waals surface area contributed by atoms with Gasteiger partial charge in [0.25, 0.3) is 0 Å². The largest absolute Gasteiger partial charge is 0.425 e. The van der Waals surface area contributed by atoms with Gasteiger partial charge in [0.05, 0.1) is 15.0 Å². The van der Waals surface area contributed by atoms with E-state index < -0.39 is 11.7 Å². The Hall–Kier alpha value is -0.620. The monoisotopic (exact) mass is 288 g/mol. The molecule has 0 spiro atoms. The maximum absolute atomic E-state index is 12.1.